The quantitative estimate of drug-likeness (QED) is 0.686. The molecule has 0 saturated heterocycles. The van der Waals surface area contributed by atoms with Gasteiger partial charge in [-0.1, -0.05) is 25.7 Å². The number of hydrogen-bond acceptors (Lipinski definition) is 4. The van der Waals surface area contributed by atoms with Gasteiger partial charge in [-0.3, -0.25) is 4.79 Å². The molecule has 7 heteroatoms. The summed E-state index contributed by atoms with van der Waals surface area (Å²) in [6.07, 6.45) is 11.1. The Morgan fingerprint density at radius 2 is 1.91 bits per heavy atom. The van der Waals surface area contributed by atoms with Crippen LogP contribution >= 0.6 is 36.2 Å². The fourth-order valence-electron chi connectivity index (χ4n) is 2.94. The van der Waals surface area contributed by atoms with Crippen LogP contribution in [0.3, 0.4) is 0 Å². The Bertz CT molecular complexity index is 409. The maximum absolute atomic E-state index is 12.2. The lowest BCUT2D eigenvalue weighted by atomic mass is 9.98. The van der Waals surface area contributed by atoms with E-state index < -0.39 is 0 Å². The van der Waals surface area contributed by atoms with Crippen molar-refractivity contribution < 1.29 is 4.79 Å². The number of halogens is 2. The molecule has 1 aliphatic rings. The van der Waals surface area contributed by atoms with E-state index in [1.807, 2.05) is 11.6 Å². The maximum Gasteiger partial charge on any atom is 0.220 e. The van der Waals surface area contributed by atoms with Crippen LogP contribution in [0.25, 0.3) is 0 Å². The SMILES string of the molecule is Cl.Cl.NCCCCCCC(=O)NC1(c2nccs2)CCCC1. The van der Waals surface area contributed by atoms with Crippen LogP contribution in [-0.2, 0) is 10.3 Å². The van der Waals surface area contributed by atoms with Crippen LogP contribution < -0.4 is 11.1 Å². The second-order valence-electron chi connectivity index (χ2n) is 5.63. The third-order valence-electron chi connectivity index (χ3n) is 4.04. The fraction of sp³-hybridized carbons (Fsp3) is 0.733. The Morgan fingerprint density at radius 1 is 1.23 bits per heavy atom. The molecule has 0 atom stereocenters. The second kappa shape index (κ2) is 11.2. The van der Waals surface area contributed by atoms with E-state index in [9.17, 15) is 4.79 Å². The van der Waals surface area contributed by atoms with E-state index in [0.29, 0.717) is 6.42 Å². The summed E-state index contributed by atoms with van der Waals surface area (Å²) in [5.41, 5.74) is 5.29. The minimum atomic E-state index is -0.178. The first-order chi connectivity index (χ1) is 9.77. The average molecular weight is 368 g/mol. The third kappa shape index (κ3) is 6.03. The van der Waals surface area contributed by atoms with Crippen molar-refractivity contribution in [2.75, 3.05) is 6.54 Å². The minimum absolute atomic E-state index is 0. The summed E-state index contributed by atoms with van der Waals surface area (Å²) in [6.45, 7) is 0.749. The normalized spacial score (nSPS) is 15.7. The predicted octanol–water partition coefficient (Wildman–Crippen LogP) is 3.78. The van der Waals surface area contributed by atoms with Crippen molar-refractivity contribution >= 4 is 42.1 Å². The lowest BCUT2D eigenvalue weighted by Gasteiger charge is -2.28. The Morgan fingerprint density at radius 3 is 2.50 bits per heavy atom. The molecule has 3 N–H and O–H groups in total. The number of unbranched alkanes of at least 4 members (excludes halogenated alkanes) is 3. The highest BCUT2D eigenvalue weighted by atomic mass is 35.5. The first-order valence-electron chi connectivity index (χ1n) is 7.68. The summed E-state index contributed by atoms with van der Waals surface area (Å²) in [6, 6.07) is 0. The zero-order valence-electron chi connectivity index (χ0n) is 12.9. The lowest BCUT2D eigenvalue weighted by Crippen LogP contribution is -2.43. The van der Waals surface area contributed by atoms with Gasteiger partial charge in [-0.25, -0.2) is 4.98 Å². The molecular weight excluding hydrogens is 341 g/mol. The van der Waals surface area contributed by atoms with Gasteiger partial charge in [0, 0.05) is 18.0 Å². The van der Waals surface area contributed by atoms with Gasteiger partial charge in [-0.15, -0.1) is 36.2 Å². The monoisotopic (exact) mass is 367 g/mol. The van der Waals surface area contributed by atoms with E-state index in [2.05, 4.69) is 10.3 Å². The Labute approximate surface area is 149 Å². The summed E-state index contributed by atoms with van der Waals surface area (Å²) in [4.78, 5) is 16.6. The number of nitrogens with one attached hydrogen (secondary N) is 1. The molecule has 1 amide bonds. The molecule has 128 valence electrons. The van der Waals surface area contributed by atoms with Crippen LogP contribution in [0.15, 0.2) is 11.6 Å². The molecular formula is C15H27Cl2N3OS. The highest BCUT2D eigenvalue weighted by Crippen LogP contribution is 2.39. The van der Waals surface area contributed by atoms with Crippen LogP contribution in [0, 0.1) is 0 Å². The zero-order chi connectivity index (χ0) is 14.3. The van der Waals surface area contributed by atoms with E-state index >= 15 is 0 Å². The Kier molecular flexibility index (Phi) is 11.0. The smallest absolute Gasteiger partial charge is 0.220 e. The summed E-state index contributed by atoms with van der Waals surface area (Å²) in [7, 11) is 0. The Balaban J connectivity index is 0.00000220. The molecule has 1 heterocycles. The number of aromatic nitrogens is 1. The van der Waals surface area contributed by atoms with Crippen molar-refractivity contribution in [2.45, 2.75) is 63.3 Å². The van der Waals surface area contributed by atoms with E-state index in [-0.39, 0.29) is 36.3 Å². The number of carbonyl (C=O) groups is 1. The van der Waals surface area contributed by atoms with Gasteiger partial charge in [0.25, 0.3) is 0 Å². The molecule has 1 aromatic heterocycles. The number of amides is 1. The number of nitrogens with two attached hydrogens (primary N) is 1. The van der Waals surface area contributed by atoms with Crippen molar-refractivity contribution in [1.29, 1.82) is 0 Å². The number of hydrogen-bond donors (Lipinski definition) is 2. The molecule has 22 heavy (non-hydrogen) atoms. The van der Waals surface area contributed by atoms with Gasteiger partial charge in [0.2, 0.25) is 5.91 Å². The van der Waals surface area contributed by atoms with Gasteiger partial charge < -0.3 is 11.1 Å². The first kappa shape index (κ1) is 21.6. The molecule has 4 nitrogen and oxygen atoms in total. The molecule has 2 rings (SSSR count). The van der Waals surface area contributed by atoms with E-state index in [0.717, 1.165) is 50.1 Å². The molecule has 1 saturated carbocycles. The number of carbonyl (C=O) groups excluding carboxylic acids is 1. The summed E-state index contributed by atoms with van der Waals surface area (Å²) in [5.74, 6) is 0.176. The van der Waals surface area contributed by atoms with Gasteiger partial charge >= 0.3 is 0 Å². The van der Waals surface area contributed by atoms with Crippen molar-refractivity contribution in [3.63, 3.8) is 0 Å². The third-order valence-corrected chi connectivity index (χ3v) is 5.01. The van der Waals surface area contributed by atoms with Gasteiger partial charge in [-0.05, 0) is 32.2 Å². The van der Waals surface area contributed by atoms with Crippen LogP contribution in [0.4, 0.5) is 0 Å². The zero-order valence-corrected chi connectivity index (χ0v) is 15.3. The van der Waals surface area contributed by atoms with Crippen LogP contribution in [0.2, 0.25) is 0 Å². The minimum Gasteiger partial charge on any atom is -0.344 e. The van der Waals surface area contributed by atoms with Gasteiger partial charge in [0.1, 0.15) is 5.01 Å². The molecule has 0 spiro atoms. The molecule has 0 aliphatic heterocycles. The number of thiazole rings is 1. The maximum atomic E-state index is 12.2. The van der Waals surface area contributed by atoms with Crippen LogP contribution in [0.1, 0.15) is 62.8 Å². The van der Waals surface area contributed by atoms with Crippen LogP contribution in [-0.4, -0.2) is 17.4 Å². The second-order valence-corrected chi connectivity index (χ2v) is 6.52. The van der Waals surface area contributed by atoms with E-state index in [4.69, 9.17) is 5.73 Å². The molecule has 1 aliphatic carbocycles. The molecule has 0 radical (unpaired) electrons. The fourth-order valence-corrected chi connectivity index (χ4v) is 3.80. The predicted molar refractivity (Wildman–Crippen MR) is 97.0 cm³/mol. The van der Waals surface area contributed by atoms with Gasteiger partial charge in [0.15, 0.2) is 0 Å². The van der Waals surface area contributed by atoms with Crippen molar-refractivity contribution in [3.8, 4) is 0 Å². The summed E-state index contributed by atoms with van der Waals surface area (Å²) < 4.78 is 0. The van der Waals surface area contributed by atoms with Gasteiger partial charge in [0.05, 0.1) is 5.54 Å². The topological polar surface area (TPSA) is 68.0 Å². The highest BCUT2D eigenvalue weighted by molar-refractivity contribution is 7.09. The van der Waals surface area contributed by atoms with Crippen molar-refractivity contribution in [3.05, 3.63) is 16.6 Å². The lowest BCUT2D eigenvalue weighted by molar-refractivity contribution is -0.123. The molecule has 0 unspecified atom stereocenters. The molecule has 1 fully saturated rings. The molecule has 1 aromatic rings. The number of rotatable bonds is 8. The van der Waals surface area contributed by atoms with Crippen LogP contribution in [0.5, 0.6) is 0 Å². The molecule has 0 aromatic carbocycles. The van der Waals surface area contributed by atoms with E-state index in [1.54, 1.807) is 11.3 Å². The molecule has 0 bridgehead atoms. The number of nitrogens with zero attached hydrogens (tertiary/aromatic N) is 1. The Hall–Kier alpha value is -0.360. The van der Waals surface area contributed by atoms with Gasteiger partial charge in [-0.2, -0.15) is 0 Å². The van der Waals surface area contributed by atoms with Crippen molar-refractivity contribution in [2.24, 2.45) is 5.73 Å². The van der Waals surface area contributed by atoms with E-state index in [1.165, 1.54) is 12.8 Å². The summed E-state index contributed by atoms with van der Waals surface area (Å²) in [5, 5.41) is 6.34. The largest absolute Gasteiger partial charge is 0.344 e. The highest BCUT2D eigenvalue weighted by Gasteiger charge is 2.38. The van der Waals surface area contributed by atoms with Crippen molar-refractivity contribution in [1.82, 2.24) is 10.3 Å². The average Bonchev–Trinajstić information content (AvgIpc) is 3.09. The summed E-state index contributed by atoms with van der Waals surface area (Å²) >= 11 is 1.66. The standard InChI is InChI=1S/C15H25N3OS.2ClH/c16-10-6-2-1-3-7-13(19)18-15(8-4-5-9-15)14-17-11-12-20-14;;/h11-12H,1-10,16H2,(H,18,19);2*1H. The first-order valence-corrected chi connectivity index (χ1v) is 8.56.